The van der Waals surface area contributed by atoms with E-state index in [9.17, 15) is 9.59 Å². The van der Waals surface area contributed by atoms with Crippen LogP contribution in [-0.4, -0.2) is 60.4 Å². The predicted octanol–water partition coefficient (Wildman–Crippen LogP) is 1.34. The van der Waals surface area contributed by atoms with Crippen molar-refractivity contribution >= 4 is 11.8 Å². The highest BCUT2D eigenvalue weighted by molar-refractivity contribution is 5.93. The summed E-state index contributed by atoms with van der Waals surface area (Å²) in [5, 5.41) is 3.01. The summed E-state index contributed by atoms with van der Waals surface area (Å²) < 4.78 is 4.95. The highest BCUT2D eigenvalue weighted by Crippen LogP contribution is 2.09. The van der Waals surface area contributed by atoms with Crippen LogP contribution in [0.3, 0.4) is 0 Å². The number of nitrogens with one attached hydrogen (secondary N) is 1. The molecule has 0 aromatic carbocycles. The zero-order valence-corrected chi connectivity index (χ0v) is 13.4. The third kappa shape index (κ3) is 4.59. The van der Waals surface area contributed by atoms with Crippen molar-refractivity contribution in [2.75, 3.05) is 32.7 Å². The summed E-state index contributed by atoms with van der Waals surface area (Å²) in [5.74, 6) is 0.0602. The number of furan rings is 1. The maximum atomic E-state index is 12.2. The van der Waals surface area contributed by atoms with Crippen molar-refractivity contribution < 1.29 is 14.0 Å². The molecule has 0 saturated carbocycles. The molecule has 1 aromatic heterocycles. The minimum absolute atomic E-state index is 0.00517. The van der Waals surface area contributed by atoms with Gasteiger partial charge in [-0.25, -0.2) is 0 Å². The van der Waals surface area contributed by atoms with Crippen LogP contribution in [0.2, 0.25) is 0 Å². The maximum absolute atomic E-state index is 12.2. The summed E-state index contributed by atoms with van der Waals surface area (Å²) in [5.41, 5.74) is 0.583. The van der Waals surface area contributed by atoms with Gasteiger partial charge in [0.25, 0.3) is 5.91 Å². The Morgan fingerprint density at radius 3 is 2.64 bits per heavy atom. The van der Waals surface area contributed by atoms with Crippen LogP contribution >= 0.6 is 0 Å². The topological polar surface area (TPSA) is 65.8 Å². The first-order valence-corrected chi connectivity index (χ1v) is 7.93. The predicted molar refractivity (Wildman–Crippen MR) is 83.6 cm³/mol. The molecule has 2 amide bonds. The quantitative estimate of drug-likeness (QED) is 0.861. The van der Waals surface area contributed by atoms with Gasteiger partial charge in [0, 0.05) is 32.2 Å². The van der Waals surface area contributed by atoms with Crippen molar-refractivity contribution in [1.82, 2.24) is 15.1 Å². The molecule has 2 rings (SSSR count). The smallest absolute Gasteiger partial charge is 0.257 e. The average Bonchev–Trinajstić information content (AvgIpc) is 3.01. The molecule has 0 bridgehead atoms. The summed E-state index contributed by atoms with van der Waals surface area (Å²) >= 11 is 0. The van der Waals surface area contributed by atoms with Crippen molar-refractivity contribution in [2.24, 2.45) is 0 Å². The van der Waals surface area contributed by atoms with E-state index < -0.39 is 0 Å². The summed E-state index contributed by atoms with van der Waals surface area (Å²) in [6.45, 7) is 7.27. The van der Waals surface area contributed by atoms with Crippen LogP contribution in [0.5, 0.6) is 0 Å². The number of hydrogen-bond acceptors (Lipinski definition) is 4. The van der Waals surface area contributed by atoms with Gasteiger partial charge in [0.2, 0.25) is 5.91 Å². The lowest BCUT2D eigenvalue weighted by atomic mass is 10.2. The molecule has 6 nitrogen and oxygen atoms in total. The van der Waals surface area contributed by atoms with E-state index in [0.29, 0.717) is 25.2 Å². The molecule has 22 heavy (non-hydrogen) atoms. The molecular formula is C16H25N3O3. The molecule has 1 N–H and O–H groups in total. The first-order valence-electron chi connectivity index (χ1n) is 7.93. The molecule has 1 atom stereocenters. The molecule has 1 saturated heterocycles. The van der Waals surface area contributed by atoms with Gasteiger partial charge in [0.1, 0.15) is 6.26 Å². The molecule has 0 radical (unpaired) electrons. The molecule has 1 aromatic rings. The van der Waals surface area contributed by atoms with Crippen molar-refractivity contribution in [3.63, 3.8) is 0 Å². The molecule has 0 unspecified atom stereocenters. The van der Waals surface area contributed by atoms with Crippen LogP contribution in [0, 0.1) is 0 Å². The largest absolute Gasteiger partial charge is 0.472 e. The van der Waals surface area contributed by atoms with Crippen molar-refractivity contribution in [2.45, 2.75) is 32.7 Å². The average molecular weight is 307 g/mol. The third-order valence-corrected chi connectivity index (χ3v) is 3.92. The highest BCUT2D eigenvalue weighted by atomic mass is 16.3. The van der Waals surface area contributed by atoms with E-state index in [-0.39, 0.29) is 17.9 Å². The summed E-state index contributed by atoms with van der Waals surface area (Å²) in [6, 6.07) is 1.90. The van der Waals surface area contributed by atoms with Gasteiger partial charge in [-0.3, -0.25) is 14.5 Å². The van der Waals surface area contributed by atoms with Crippen LogP contribution in [-0.2, 0) is 4.79 Å². The van der Waals surface area contributed by atoms with Crippen LogP contribution in [0.4, 0.5) is 0 Å². The van der Waals surface area contributed by atoms with Crippen LogP contribution in [0.25, 0.3) is 0 Å². The Hall–Kier alpha value is -1.82. The van der Waals surface area contributed by atoms with E-state index in [1.165, 1.54) is 12.5 Å². The van der Waals surface area contributed by atoms with Gasteiger partial charge in [0.15, 0.2) is 0 Å². The Balaban J connectivity index is 1.73. The molecule has 1 aliphatic heterocycles. The summed E-state index contributed by atoms with van der Waals surface area (Å²) in [6.07, 6.45) is 5.04. The number of piperazine rings is 1. The zero-order valence-electron chi connectivity index (χ0n) is 13.4. The molecular weight excluding hydrogens is 282 g/mol. The fraction of sp³-hybridized carbons (Fsp3) is 0.625. The van der Waals surface area contributed by atoms with Crippen LogP contribution < -0.4 is 5.32 Å². The van der Waals surface area contributed by atoms with E-state index >= 15 is 0 Å². The lowest BCUT2D eigenvalue weighted by Crippen LogP contribution is -2.51. The lowest BCUT2D eigenvalue weighted by molar-refractivity contribution is -0.123. The number of carbonyl (C=O) groups is 2. The van der Waals surface area contributed by atoms with E-state index in [2.05, 4.69) is 17.1 Å². The Labute approximate surface area is 131 Å². The Kier molecular flexibility index (Phi) is 6.00. The standard InChI is InChI=1S/C16H25N3O3/c1-3-4-13(2)17-15(20)11-18-6-8-19(9-7-18)16(21)14-5-10-22-12-14/h5,10,12-13H,3-4,6-9,11H2,1-2H3,(H,17,20)/t13-/m0/s1. The van der Waals surface area contributed by atoms with Gasteiger partial charge in [-0.2, -0.15) is 0 Å². The fourth-order valence-corrected chi connectivity index (χ4v) is 2.71. The second-order valence-corrected chi connectivity index (χ2v) is 5.84. The van der Waals surface area contributed by atoms with Crippen molar-refractivity contribution in [3.8, 4) is 0 Å². The third-order valence-electron chi connectivity index (χ3n) is 3.92. The number of nitrogens with zero attached hydrogens (tertiary/aromatic N) is 2. The fourth-order valence-electron chi connectivity index (χ4n) is 2.71. The number of hydrogen-bond donors (Lipinski definition) is 1. The van der Waals surface area contributed by atoms with Gasteiger partial charge < -0.3 is 14.6 Å². The van der Waals surface area contributed by atoms with E-state index in [0.717, 1.165) is 25.9 Å². The zero-order chi connectivity index (χ0) is 15.9. The minimum Gasteiger partial charge on any atom is -0.472 e. The van der Waals surface area contributed by atoms with Gasteiger partial charge in [-0.1, -0.05) is 13.3 Å². The minimum atomic E-state index is -0.00517. The van der Waals surface area contributed by atoms with E-state index in [1.54, 1.807) is 11.0 Å². The number of carbonyl (C=O) groups excluding carboxylic acids is 2. The van der Waals surface area contributed by atoms with Crippen LogP contribution in [0.1, 0.15) is 37.0 Å². The van der Waals surface area contributed by atoms with Crippen molar-refractivity contribution in [1.29, 1.82) is 0 Å². The number of rotatable bonds is 6. The highest BCUT2D eigenvalue weighted by Gasteiger charge is 2.23. The Morgan fingerprint density at radius 1 is 1.32 bits per heavy atom. The van der Waals surface area contributed by atoms with Crippen molar-refractivity contribution in [3.05, 3.63) is 24.2 Å². The molecule has 122 valence electrons. The first-order chi connectivity index (χ1) is 10.6. The van der Waals surface area contributed by atoms with Gasteiger partial charge in [-0.15, -0.1) is 0 Å². The molecule has 0 spiro atoms. The molecule has 0 aliphatic carbocycles. The van der Waals surface area contributed by atoms with Gasteiger partial charge in [-0.05, 0) is 19.4 Å². The lowest BCUT2D eigenvalue weighted by Gasteiger charge is -2.34. The molecule has 1 fully saturated rings. The van der Waals surface area contributed by atoms with E-state index in [1.807, 2.05) is 6.92 Å². The maximum Gasteiger partial charge on any atom is 0.257 e. The monoisotopic (exact) mass is 307 g/mol. The SMILES string of the molecule is CCC[C@H](C)NC(=O)CN1CCN(C(=O)c2ccoc2)CC1. The second kappa shape index (κ2) is 7.98. The molecule has 6 heteroatoms. The van der Waals surface area contributed by atoms with Crippen LogP contribution in [0.15, 0.2) is 23.0 Å². The second-order valence-electron chi connectivity index (χ2n) is 5.84. The first kappa shape index (κ1) is 16.5. The van der Waals surface area contributed by atoms with Gasteiger partial charge in [0.05, 0.1) is 18.4 Å². The molecule has 2 heterocycles. The van der Waals surface area contributed by atoms with E-state index in [4.69, 9.17) is 4.42 Å². The Morgan fingerprint density at radius 2 is 2.05 bits per heavy atom. The van der Waals surface area contributed by atoms with Gasteiger partial charge >= 0.3 is 0 Å². The normalized spacial score (nSPS) is 17.3. The summed E-state index contributed by atoms with van der Waals surface area (Å²) in [7, 11) is 0. The Bertz CT molecular complexity index is 479. The molecule has 1 aliphatic rings. The summed E-state index contributed by atoms with van der Waals surface area (Å²) in [4.78, 5) is 28.0. The number of amides is 2.